The lowest BCUT2D eigenvalue weighted by Crippen LogP contribution is -2.35. The number of carbonyl (C=O) groups excluding carboxylic acids is 1. The molecule has 1 aromatic rings. The van der Waals surface area contributed by atoms with Gasteiger partial charge in [-0.15, -0.1) is 0 Å². The third-order valence-corrected chi connectivity index (χ3v) is 4.55. The van der Waals surface area contributed by atoms with E-state index in [9.17, 15) is 9.18 Å². The highest BCUT2D eigenvalue weighted by Gasteiger charge is 2.21. The molecular weight excluding hydrogens is 295 g/mol. The molecular formula is C18H27FN2O2. The summed E-state index contributed by atoms with van der Waals surface area (Å²) in [5, 5.41) is 6.33. The van der Waals surface area contributed by atoms with Crippen LogP contribution in [0.15, 0.2) is 18.2 Å². The van der Waals surface area contributed by atoms with Crippen LogP contribution in [0, 0.1) is 17.7 Å². The van der Waals surface area contributed by atoms with Crippen molar-refractivity contribution in [2.75, 3.05) is 20.2 Å². The zero-order chi connectivity index (χ0) is 16.7. The molecule has 5 heteroatoms. The van der Waals surface area contributed by atoms with E-state index in [0.717, 1.165) is 18.7 Å². The standard InChI is InChI=1S/C18H27FN2O2/c1-13(15-4-3-7-20-11-15)8-18(22)21-10-14-5-6-17(19)16(9-14)12-23-2/h5-6,9,13,15,20H,3-4,7-8,10-12H2,1-2H3,(H,21,22). The molecule has 1 fully saturated rings. The molecule has 1 aromatic carbocycles. The normalized spacial score (nSPS) is 19.3. The van der Waals surface area contributed by atoms with E-state index in [1.807, 2.05) is 0 Å². The lowest BCUT2D eigenvalue weighted by molar-refractivity contribution is -0.122. The monoisotopic (exact) mass is 322 g/mol. The molecule has 4 nitrogen and oxygen atoms in total. The van der Waals surface area contributed by atoms with Gasteiger partial charge in [0.25, 0.3) is 0 Å². The Bertz CT molecular complexity index is 516. The van der Waals surface area contributed by atoms with Crippen molar-refractivity contribution >= 4 is 5.91 Å². The van der Waals surface area contributed by atoms with Crippen molar-refractivity contribution in [1.29, 1.82) is 0 Å². The highest BCUT2D eigenvalue weighted by molar-refractivity contribution is 5.76. The van der Waals surface area contributed by atoms with Gasteiger partial charge < -0.3 is 15.4 Å². The van der Waals surface area contributed by atoms with E-state index in [0.29, 0.717) is 30.4 Å². The second-order valence-corrected chi connectivity index (χ2v) is 6.42. The molecule has 0 bridgehead atoms. The first-order chi connectivity index (χ1) is 11.1. The van der Waals surface area contributed by atoms with Gasteiger partial charge in [0, 0.05) is 25.6 Å². The number of benzene rings is 1. The fourth-order valence-corrected chi connectivity index (χ4v) is 3.10. The van der Waals surface area contributed by atoms with Crippen LogP contribution in [-0.2, 0) is 22.7 Å². The number of methoxy groups -OCH3 is 1. The Morgan fingerprint density at radius 1 is 1.52 bits per heavy atom. The van der Waals surface area contributed by atoms with Crippen LogP contribution in [0.1, 0.15) is 37.3 Å². The van der Waals surface area contributed by atoms with E-state index in [1.165, 1.54) is 26.0 Å². The summed E-state index contributed by atoms with van der Waals surface area (Å²) in [7, 11) is 1.54. The Kier molecular flexibility index (Phi) is 6.99. The summed E-state index contributed by atoms with van der Waals surface area (Å²) in [6, 6.07) is 4.86. The maximum atomic E-state index is 13.6. The van der Waals surface area contributed by atoms with Gasteiger partial charge in [-0.1, -0.05) is 13.0 Å². The van der Waals surface area contributed by atoms with Gasteiger partial charge in [-0.05, 0) is 55.5 Å². The number of carbonyl (C=O) groups is 1. The highest BCUT2D eigenvalue weighted by Crippen LogP contribution is 2.22. The largest absolute Gasteiger partial charge is 0.380 e. The van der Waals surface area contributed by atoms with Crippen LogP contribution in [0.3, 0.4) is 0 Å². The predicted octanol–water partition coefficient (Wildman–Crippen LogP) is 2.61. The lowest BCUT2D eigenvalue weighted by atomic mass is 9.85. The summed E-state index contributed by atoms with van der Waals surface area (Å²) in [6.45, 7) is 4.90. The molecule has 128 valence electrons. The molecule has 0 aromatic heterocycles. The summed E-state index contributed by atoms with van der Waals surface area (Å²) < 4.78 is 18.5. The van der Waals surface area contributed by atoms with Gasteiger partial charge in [0.05, 0.1) is 6.61 Å². The van der Waals surface area contributed by atoms with Gasteiger partial charge in [0.2, 0.25) is 5.91 Å². The molecule has 1 aliphatic rings. The third kappa shape index (κ3) is 5.59. The summed E-state index contributed by atoms with van der Waals surface area (Å²) in [5.41, 5.74) is 1.40. The number of hydrogen-bond donors (Lipinski definition) is 2. The van der Waals surface area contributed by atoms with Crippen molar-refractivity contribution in [3.05, 3.63) is 35.1 Å². The van der Waals surface area contributed by atoms with Gasteiger partial charge >= 0.3 is 0 Å². The minimum atomic E-state index is -0.277. The van der Waals surface area contributed by atoms with Gasteiger partial charge in [0.1, 0.15) is 5.82 Å². The van der Waals surface area contributed by atoms with E-state index in [4.69, 9.17) is 4.74 Å². The zero-order valence-electron chi connectivity index (χ0n) is 14.0. The number of nitrogens with one attached hydrogen (secondary N) is 2. The predicted molar refractivity (Wildman–Crippen MR) is 88.3 cm³/mol. The molecule has 0 aliphatic carbocycles. The van der Waals surface area contributed by atoms with E-state index >= 15 is 0 Å². The van der Waals surface area contributed by atoms with Crippen LogP contribution < -0.4 is 10.6 Å². The molecule has 2 rings (SSSR count). The van der Waals surface area contributed by atoms with E-state index in [2.05, 4.69) is 17.6 Å². The van der Waals surface area contributed by atoms with E-state index in [1.54, 1.807) is 12.1 Å². The fraction of sp³-hybridized carbons (Fsp3) is 0.611. The molecule has 2 atom stereocenters. The summed E-state index contributed by atoms with van der Waals surface area (Å²) in [4.78, 5) is 12.1. The second kappa shape index (κ2) is 8.99. The number of amides is 1. The Hall–Kier alpha value is -1.46. The van der Waals surface area contributed by atoms with E-state index < -0.39 is 0 Å². The third-order valence-electron chi connectivity index (χ3n) is 4.55. The SMILES string of the molecule is COCc1cc(CNC(=O)CC(C)C2CCCNC2)ccc1F. The first-order valence-corrected chi connectivity index (χ1v) is 8.33. The fourth-order valence-electron chi connectivity index (χ4n) is 3.10. The van der Waals surface area contributed by atoms with Crippen molar-refractivity contribution < 1.29 is 13.9 Å². The van der Waals surface area contributed by atoms with Crippen LogP contribution in [0.5, 0.6) is 0 Å². The van der Waals surface area contributed by atoms with Crippen molar-refractivity contribution in [2.24, 2.45) is 11.8 Å². The molecule has 2 N–H and O–H groups in total. The van der Waals surface area contributed by atoms with Gasteiger partial charge in [0.15, 0.2) is 0 Å². The molecule has 1 amide bonds. The Morgan fingerprint density at radius 3 is 3.04 bits per heavy atom. The average Bonchev–Trinajstić information content (AvgIpc) is 2.56. The minimum absolute atomic E-state index is 0.0562. The smallest absolute Gasteiger partial charge is 0.220 e. The first kappa shape index (κ1) is 17.9. The second-order valence-electron chi connectivity index (χ2n) is 6.42. The Morgan fingerprint density at radius 2 is 2.35 bits per heavy atom. The number of piperidine rings is 1. The van der Waals surface area contributed by atoms with E-state index in [-0.39, 0.29) is 18.3 Å². The molecule has 2 unspecified atom stereocenters. The summed E-state index contributed by atoms with van der Waals surface area (Å²) in [5.74, 6) is 0.731. The topological polar surface area (TPSA) is 50.4 Å². The molecule has 23 heavy (non-hydrogen) atoms. The van der Waals surface area contributed by atoms with Gasteiger partial charge in [-0.2, -0.15) is 0 Å². The quantitative estimate of drug-likeness (QED) is 0.811. The van der Waals surface area contributed by atoms with Gasteiger partial charge in [-0.25, -0.2) is 4.39 Å². The molecule has 1 heterocycles. The van der Waals surface area contributed by atoms with Crippen LogP contribution in [0.4, 0.5) is 4.39 Å². The van der Waals surface area contributed by atoms with Crippen LogP contribution in [-0.4, -0.2) is 26.1 Å². The first-order valence-electron chi connectivity index (χ1n) is 8.33. The molecule has 0 spiro atoms. The maximum absolute atomic E-state index is 13.6. The van der Waals surface area contributed by atoms with Crippen molar-refractivity contribution in [3.8, 4) is 0 Å². The Labute approximate surface area is 137 Å². The van der Waals surface area contributed by atoms with Crippen molar-refractivity contribution in [1.82, 2.24) is 10.6 Å². The minimum Gasteiger partial charge on any atom is -0.380 e. The van der Waals surface area contributed by atoms with Crippen molar-refractivity contribution in [3.63, 3.8) is 0 Å². The van der Waals surface area contributed by atoms with Crippen molar-refractivity contribution in [2.45, 2.75) is 39.3 Å². The van der Waals surface area contributed by atoms with Gasteiger partial charge in [-0.3, -0.25) is 4.79 Å². The molecule has 1 saturated heterocycles. The van der Waals surface area contributed by atoms with Crippen LogP contribution in [0.2, 0.25) is 0 Å². The number of hydrogen-bond acceptors (Lipinski definition) is 3. The Balaban J connectivity index is 1.80. The zero-order valence-corrected chi connectivity index (χ0v) is 14.0. The highest BCUT2D eigenvalue weighted by atomic mass is 19.1. The average molecular weight is 322 g/mol. The molecule has 0 radical (unpaired) electrons. The molecule has 0 saturated carbocycles. The van der Waals surface area contributed by atoms with Crippen LogP contribution in [0.25, 0.3) is 0 Å². The van der Waals surface area contributed by atoms with Crippen LogP contribution >= 0.6 is 0 Å². The molecule has 1 aliphatic heterocycles. The number of rotatable bonds is 7. The number of ether oxygens (including phenoxy) is 1. The summed E-state index contributed by atoms with van der Waals surface area (Å²) in [6.07, 6.45) is 2.92. The lowest BCUT2D eigenvalue weighted by Gasteiger charge is -2.28. The maximum Gasteiger partial charge on any atom is 0.220 e. The number of halogens is 1. The summed E-state index contributed by atoms with van der Waals surface area (Å²) >= 11 is 0.